The molecule has 0 aliphatic heterocycles. The third kappa shape index (κ3) is 1.69. The smallest absolute Gasteiger partial charge is 0.164 e. The summed E-state index contributed by atoms with van der Waals surface area (Å²) in [6.45, 7) is 0. The lowest BCUT2D eigenvalue weighted by molar-refractivity contribution is 0.768. The van der Waals surface area contributed by atoms with Crippen LogP contribution in [0, 0.1) is 3.57 Å². The fourth-order valence-electron chi connectivity index (χ4n) is 1.06. The molecule has 0 radical (unpaired) electrons. The lowest BCUT2D eigenvalue weighted by Gasteiger charge is -1.98. The van der Waals surface area contributed by atoms with Crippen LogP contribution in [0.5, 0.6) is 0 Å². The van der Waals surface area contributed by atoms with E-state index >= 15 is 0 Å². The molecule has 2 aromatic rings. The molecule has 0 aliphatic rings. The van der Waals surface area contributed by atoms with Crippen LogP contribution < -0.4 is 5.73 Å². The molecule has 2 aromatic heterocycles. The van der Waals surface area contributed by atoms with Crippen LogP contribution in [0.25, 0.3) is 11.4 Å². The lowest BCUT2D eigenvalue weighted by Crippen LogP contribution is -1.97. The molecule has 0 aromatic carbocycles. The molecule has 0 unspecified atom stereocenters. The van der Waals surface area contributed by atoms with Gasteiger partial charge in [-0.05, 0) is 22.6 Å². The Balaban J connectivity index is 2.47. The van der Waals surface area contributed by atoms with Crippen LogP contribution in [0.15, 0.2) is 18.6 Å². The SMILES string of the molecule is Cn1cc(-c2ncc(I)c(N)n2)cn1. The van der Waals surface area contributed by atoms with E-state index in [9.17, 15) is 0 Å². The number of aromatic nitrogens is 4. The van der Waals surface area contributed by atoms with Gasteiger partial charge in [0.05, 0.1) is 15.3 Å². The van der Waals surface area contributed by atoms with Gasteiger partial charge in [-0.15, -0.1) is 0 Å². The van der Waals surface area contributed by atoms with E-state index in [-0.39, 0.29) is 0 Å². The Hall–Kier alpha value is -1.18. The molecule has 2 rings (SSSR count). The molecule has 2 heterocycles. The van der Waals surface area contributed by atoms with Crippen molar-refractivity contribution >= 4 is 28.4 Å². The first kappa shape index (κ1) is 9.38. The standard InChI is InChI=1S/C8H8IN5/c1-14-4-5(2-12-14)8-11-3-6(9)7(10)13-8/h2-4H,1H3,(H2,10,11,13). The van der Waals surface area contributed by atoms with E-state index in [2.05, 4.69) is 37.7 Å². The average molecular weight is 301 g/mol. The number of nitrogens with zero attached hydrogens (tertiary/aromatic N) is 4. The largest absolute Gasteiger partial charge is 0.383 e. The number of hydrogen-bond donors (Lipinski definition) is 1. The Kier molecular flexibility index (Phi) is 2.36. The quantitative estimate of drug-likeness (QED) is 0.800. The van der Waals surface area contributed by atoms with Crippen molar-refractivity contribution in [1.29, 1.82) is 0 Å². The van der Waals surface area contributed by atoms with Gasteiger partial charge in [-0.25, -0.2) is 9.97 Å². The van der Waals surface area contributed by atoms with Gasteiger partial charge in [-0.2, -0.15) is 5.10 Å². The predicted octanol–water partition coefficient (Wildman–Crippen LogP) is 1.06. The highest BCUT2D eigenvalue weighted by atomic mass is 127. The van der Waals surface area contributed by atoms with Gasteiger partial charge < -0.3 is 5.73 Å². The first-order chi connectivity index (χ1) is 6.66. The Morgan fingerprint density at radius 2 is 2.21 bits per heavy atom. The molecule has 0 saturated carbocycles. The molecule has 14 heavy (non-hydrogen) atoms. The first-order valence-corrected chi connectivity index (χ1v) is 5.02. The second-order valence-electron chi connectivity index (χ2n) is 2.83. The lowest BCUT2D eigenvalue weighted by atomic mass is 10.3. The summed E-state index contributed by atoms with van der Waals surface area (Å²) in [6, 6.07) is 0. The molecular weight excluding hydrogens is 293 g/mol. The molecule has 0 atom stereocenters. The third-order valence-corrected chi connectivity index (χ3v) is 2.57. The van der Waals surface area contributed by atoms with Crippen molar-refractivity contribution in [3.63, 3.8) is 0 Å². The monoisotopic (exact) mass is 301 g/mol. The highest BCUT2D eigenvalue weighted by molar-refractivity contribution is 14.1. The molecule has 6 heteroatoms. The summed E-state index contributed by atoms with van der Waals surface area (Å²) in [7, 11) is 1.85. The number of anilines is 1. The normalized spacial score (nSPS) is 10.4. The molecule has 0 saturated heterocycles. The molecule has 0 aliphatic carbocycles. The van der Waals surface area contributed by atoms with Crippen molar-refractivity contribution in [2.45, 2.75) is 0 Å². The molecule has 5 nitrogen and oxygen atoms in total. The Morgan fingerprint density at radius 3 is 2.79 bits per heavy atom. The zero-order valence-electron chi connectivity index (χ0n) is 7.48. The molecular formula is C8H8IN5. The van der Waals surface area contributed by atoms with Gasteiger partial charge in [0.25, 0.3) is 0 Å². The van der Waals surface area contributed by atoms with Crippen molar-refractivity contribution in [1.82, 2.24) is 19.7 Å². The van der Waals surface area contributed by atoms with Crippen molar-refractivity contribution in [2.24, 2.45) is 7.05 Å². The minimum atomic E-state index is 0.499. The Morgan fingerprint density at radius 1 is 1.43 bits per heavy atom. The molecule has 2 N–H and O–H groups in total. The summed E-state index contributed by atoms with van der Waals surface area (Å²) in [6.07, 6.45) is 5.26. The molecule has 0 bridgehead atoms. The van der Waals surface area contributed by atoms with E-state index in [1.54, 1.807) is 17.1 Å². The maximum Gasteiger partial charge on any atom is 0.164 e. The number of halogens is 1. The van der Waals surface area contributed by atoms with E-state index in [0.717, 1.165) is 9.13 Å². The highest BCUT2D eigenvalue weighted by Gasteiger charge is 2.05. The van der Waals surface area contributed by atoms with E-state index in [1.165, 1.54) is 0 Å². The zero-order valence-corrected chi connectivity index (χ0v) is 9.63. The van der Waals surface area contributed by atoms with Gasteiger partial charge in [0.1, 0.15) is 5.82 Å². The van der Waals surface area contributed by atoms with Gasteiger partial charge in [-0.1, -0.05) is 0 Å². The van der Waals surface area contributed by atoms with E-state index in [0.29, 0.717) is 11.6 Å². The second-order valence-corrected chi connectivity index (χ2v) is 3.99. The fraction of sp³-hybridized carbons (Fsp3) is 0.125. The van der Waals surface area contributed by atoms with Crippen LogP contribution in [-0.4, -0.2) is 19.7 Å². The summed E-state index contributed by atoms with van der Waals surface area (Å²) >= 11 is 2.09. The molecule has 0 fully saturated rings. The number of nitrogen functional groups attached to an aromatic ring is 1. The number of hydrogen-bond acceptors (Lipinski definition) is 4. The van der Waals surface area contributed by atoms with Crippen molar-refractivity contribution in [2.75, 3.05) is 5.73 Å². The summed E-state index contributed by atoms with van der Waals surface area (Å²) in [4.78, 5) is 8.33. The van der Waals surface area contributed by atoms with Crippen molar-refractivity contribution in [3.05, 3.63) is 22.2 Å². The van der Waals surface area contributed by atoms with Crippen LogP contribution in [0.4, 0.5) is 5.82 Å². The van der Waals surface area contributed by atoms with Crippen molar-refractivity contribution in [3.8, 4) is 11.4 Å². The maximum atomic E-state index is 5.68. The Bertz CT molecular complexity index is 465. The molecule has 0 amide bonds. The van der Waals surface area contributed by atoms with Gasteiger partial charge in [-0.3, -0.25) is 4.68 Å². The number of rotatable bonds is 1. The summed E-state index contributed by atoms with van der Waals surface area (Å²) in [5.41, 5.74) is 6.55. The fourth-order valence-corrected chi connectivity index (χ4v) is 1.32. The number of nitrogens with two attached hydrogens (primary N) is 1. The van der Waals surface area contributed by atoms with Gasteiger partial charge >= 0.3 is 0 Å². The van der Waals surface area contributed by atoms with Crippen LogP contribution in [0.1, 0.15) is 0 Å². The van der Waals surface area contributed by atoms with Gasteiger partial charge in [0, 0.05) is 19.4 Å². The second kappa shape index (κ2) is 3.52. The Labute approximate surface area is 94.5 Å². The van der Waals surface area contributed by atoms with E-state index in [4.69, 9.17) is 5.73 Å². The topological polar surface area (TPSA) is 69.6 Å². The van der Waals surface area contributed by atoms with E-state index < -0.39 is 0 Å². The summed E-state index contributed by atoms with van der Waals surface area (Å²) < 4.78 is 2.56. The summed E-state index contributed by atoms with van der Waals surface area (Å²) in [5, 5.41) is 4.04. The average Bonchev–Trinajstić information content (AvgIpc) is 2.57. The number of aryl methyl sites for hydroxylation is 1. The van der Waals surface area contributed by atoms with Gasteiger partial charge in [0.15, 0.2) is 5.82 Å². The third-order valence-electron chi connectivity index (χ3n) is 1.73. The van der Waals surface area contributed by atoms with Crippen molar-refractivity contribution < 1.29 is 0 Å². The minimum Gasteiger partial charge on any atom is -0.383 e. The summed E-state index contributed by atoms with van der Waals surface area (Å²) in [5.74, 6) is 1.11. The zero-order chi connectivity index (χ0) is 10.1. The molecule has 72 valence electrons. The molecule has 0 spiro atoms. The first-order valence-electron chi connectivity index (χ1n) is 3.94. The predicted molar refractivity (Wildman–Crippen MR) is 61.4 cm³/mol. The maximum absolute atomic E-state index is 5.68. The minimum absolute atomic E-state index is 0.499. The van der Waals surface area contributed by atoms with Crippen LogP contribution in [0.2, 0.25) is 0 Å². The highest BCUT2D eigenvalue weighted by Crippen LogP contribution is 2.17. The van der Waals surface area contributed by atoms with Gasteiger partial charge in [0.2, 0.25) is 0 Å². The van der Waals surface area contributed by atoms with Crippen LogP contribution >= 0.6 is 22.6 Å². The van der Waals surface area contributed by atoms with E-state index in [1.807, 2.05) is 13.2 Å². The van der Waals surface area contributed by atoms with Crippen LogP contribution in [-0.2, 0) is 7.05 Å². The van der Waals surface area contributed by atoms with Crippen LogP contribution in [0.3, 0.4) is 0 Å².